The van der Waals surface area contributed by atoms with E-state index in [2.05, 4.69) is 16.0 Å². The van der Waals surface area contributed by atoms with Gasteiger partial charge in [-0.25, -0.2) is 4.79 Å². The third-order valence-corrected chi connectivity index (χ3v) is 5.99. The summed E-state index contributed by atoms with van der Waals surface area (Å²) in [6.07, 6.45) is 1.73. The van der Waals surface area contributed by atoms with Crippen LogP contribution in [-0.4, -0.2) is 36.0 Å². The molecule has 4 rings (SSSR count). The summed E-state index contributed by atoms with van der Waals surface area (Å²) >= 11 is 6.19. The fourth-order valence-electron chi connectivity index (χ4n) is 4.15. The Bertz CT molecular complexity index is 1350. The van der Waals surface area contributed by atoms with Gasteiger partial charge in [-0.15, -0.1) is 0 Å². The maximum atomic E-state index is 13.9. The number of para-hydroxylation sites is 2. The molecule has 7 nitrogen and oxygen atoms in total. The largest absolute Gasteiger partial charge is 0.350 e. The van der Waals surface area contributed by atoms with Crippen molar-refractivity contribution >= 4 is 46.4 Å². The Morgan fingerprint density at radius 2 is 1.57 bits per heavy atom. The van der Waals surface area contributed by atoms with Crippen molar-refractivity contribution in [2.75, 3.05) is 16.8 Å². The smallest absolute Gasteiger partial charge is 0.320 e. The number of carbonyl (C=O) groups is 3. The number of rotatable bonds is 5. The van der Waals surface area contributed by atoms with E-state index in [1.54, 1.807) is 36.4 Å². The molecule has 0 saturated carbocycles. The first-order valence-electron chi connectivity index (χ1n) is 11.9. The zero-order chi connectivity index (χ0) is 26.6. The predicted octanol–water partition coefficient (Wildman–Crippen LogP) is 5.22. The molecule has 0 radical (unpaired) electrons. The van der Waals surface area contributed by atoms with Crippen molar-refractivity contribution in [3.05, 3.63) is 101 Å². The van der Waals surface area contributed by atoms with E-state index in [-0.39, 0.29) is 12.5 Å². The van der Waals surface area contributed by atoms with Crippen molar-refractivity contribution in [2.24, 2.45) is 0 Å². The Hall–Kier alpha value is -4.10. The first-order valence-corrected chi connectivity index (χ1v) is 12.3. The summed E-state index contributed by atoms with van der Waals surface area (Å²) < 4.78 is 0. The van der Waals surface area contributed by atoms with Crippen molar-refractivity contribution in [3.8, 4) is 0 Å². The van der Waals surface area contributed by atoms with Gasteiger partial charge in [-0.2, -0.15) is 0 Å². The number of benzene rings is 3. The number of hydrogen-bond donors (Lipinski definition) is 3. The van der Waals surface area contributed by atoms with Gasteiger partial charge in [0.1, 0.15) is 12.6 Å². The SMILES string of the molecule is CC(C)(C)NC(=O)CN1C(=O)C(NC(=O)Nc2ccccc2Cl)C=C(c2ccccc2)c2ccccc21. The van der Waals surface area contributed by atoms with Gasteiger partial charge in [0.2, 0.25) is 5.91 Å². The predicted molar refractivity (Wildman–Crippen MR) is 148 cm³/mol. The maximum absolute atomic E-state index is 13.9. The summed E-state index contributed by atoms with van der Waals surface area (Å²) in [6.45, 7) is 5.43. The monoisotopic (exact) mass is 516 g/mol. The second-order valence-electron chi connectivity index (χ2n) is 9.74. The molecule has 0 spiro atoms. The molecule has 37 heavy (non-hydrogen) atoms. The molecule has 1 heterocycles. The molecule has 1 unspecified atom stereocenters. The number of nitrogens with zero attached hydrogens (tertiary/aromatic N) is 1. The highest BCUT2D eigenvalue weighted by molar-refractivity contribution is 6.33. The quantitative estimate of drug-likeness (QED) is 0.434. The van der Waals surface area contributed by atoms with Crippen LogP contribution in [0.15, 0.2) is 84.9 Å². The van der Waals surface area contributed by atoms with E-state index in [9.17, 15) is 14.4 Å². The second-order valence-corrected chi connectivity index (χ2v) is 10.1. The van der Waals surface area contributed by atoms with Crippen LogP contribution in [0, 0.1) is 0 Å². The average Bonchev–Trinajstić information content (AvgIpc) is 2.96. The molecule has 8 heteroatoms. The first kappa shape index (κ1) is 26.0. The molecule has 0 aromatic heterocycles. The normalized spacial score (nSPS) is 15.2. The summed E-state index contributed by atoms with van der Waals surface area (Å²) in [5, 5.41) is 8.75. The molecule has 0 saturated heterocycles. The molecule has 3 aromatic carbocycles. The molecule has 190 valence electrons. The Labute approximate surface area is 221 Å². The van der Waals surface area contributed by atoms with Crippen molar-refractivity contribution < 1.29 is 14.4 Å². The molecule has 1 aliphatic heterocycles. The third kappa shape index (κ3) is 6.37. The van der Waals surface area contributed by atoms with E-state index in [4.69, 9.17) is 11.6 Å². The maximum Gasteiger partial charge on any atom is 0.320 e. The van der Waals surface area contributed by atoms with E-state index in [1.807, 2.05) is 69.3 Å². The zero-order valence-corrected chi connectivity index (χ0v) is 21.7. The average molecular weight is 517 g/mol. The number of anilines is 2. The van der Waals surface area contributed by atoms with Crippen LogP contribution in [0.4, 0.5) is 16.2 Å². The van der Waals surface area contributed by atoms with Crippen LogP contribution in [0.2, 0.25) is 5.02 Å². The molecular formula is C29H29ClN4O3. The fraction of sp³-hybridized carbons (Fsp3) is 0.207. The van der Waals surface area contributed by atoms with Gasteiger partial charge in [0.05, 0.1) is 16.4 Å². The van der Waals surface area contributed by atoms with Gasteiger partial charge in [-0.1, -0.05) is 72.3 Å². The van der Waals surface area contributed by atoms with Crippen molar-refractivity contribution in [1.82, 2.24) is 10.6 Å². The van der Waals surface area contributed by atoms with Crippen LogP contribution in [0.3, 0.4) is 0 Å². The van der Waals surface area contributed by atoms with Gasteiger partial charge in [0, 0.05) is 11.1 Å². The Kier molecular flexibility index (Phi) is 7.64. The van der Waals surface area contributed by atoms with Gasteiger partial charge < -0.3 is 20.9 Å². The second kappa shape index (κ2) is 10.9. The van der Waals surface area contributed by atoms with Crippen LogP contribution >= 0.6 is 11.6 Å². The Balaban J connectivity index is 1.74. The lowest BCUT2D eigenvalue weighted by Crippen LogP contribution is -2.52. The molecule has 3 aromatic rings. The minimum absolute atomic E-state index is 0.201. The van der Waals surface area contributed by atoms with Crippen LogP contribution < -0.4 is 20.9 Å². The topological polar surface area (TPSA) is 90.5 Å². The van der Waals surface area contributed by atoms with Crippen LogP contribution in [0.5, 0.6) is 0 Å². The summed E-state index contributed by atoms with van der Waals surface area (Å²) in [5.41, 5.74) is 2.96. The van der Waals surface area contributed by atoms with Crippen LogP contribution in [0.1, 0.15) is 31.9 Å². The number of urea groups is 1. The third-order valence-electron chi connectivity index (χ3n) is 5.66. The van der Waals surface area contributed by atoms with E-state index in [1.165, 1.54) is 4.90 Å². The molecular weight excluding hydrogens is 488 g/mol. The van der Waals surface area contributed by atoms with E-state index < -0.39 is 23.5 Å². The lowest BCUT2D eigenvalue weighted by atomic mass is 9.95. The number of carbonyl (C=O) groups excluding carboxylic acids is 3. The van der Waals surface area contributed by atoms with Gasteiger partial charge in [0.15, 0.2) is 0 Å². The first-order chi connectivity index (χ1) is 17.6. The molecule has 3 N–H and O–H groups in total. The Morgan fingerprint density at radius 3 is 2.27 bits per heavy atom. The van der Waals surface area contributed by atoms with Gasteiger partial charge in [0.25, 0.3) is 5.91 Å². The van der Waals surface area contributed by atoms with Crippen LogP contribution in [-0.2, 0) is 9.59 Å². The highest BCUT2D eigenvalue weighted by atomic mass is 35.5. The number of fused-ring (bicyclic) bond motifs is 1. The number of amides is 4. The van der Waals surface area contributed by atoms with Crippen molar-refractivity contribution in [1.29, 1.82) is 0 Å². The van der Waals surface area contributed by atoms with Gasteiger partial charge in [-0.3, -0.25) is 9.59 Å². The molecule has 0 aliphatic carbocycles. The minimum atomic E-state index is -1.05. The molecule has 4 amide bonds. The van der Waals surface area contributed by atoms with Crippen molar-refractivity contribution in [2.45, 2.75) is 32.4 Å². The van der Waals surface area contributed by atoms with Crippen molar-refractivity contribution in [3.63, 3.8) is 0 Å². The minimum Gasteiger partial charge on any atom is -0.350 e. The summed E-state index contributed by atoms with van der Waals surface area (Å²) in [4.78, 5) is 41.2. The molecule has 1 atom stereocenters. The van der Waals surface area contributed by atoms with E-state index in [0.29, 0.717) is 16.4 Å². The number of hydrogen-bond acceptors (Lipinski definition) is 3. The summed E-state index contributed by atoms with van der Waals surface area (Å²) in [5.74, 6) is -0.741. The summed E-state index contributed by atoms with van der Waals surface area (Å²) in [7, 11) is 0. The number of halogens is 1. The number of nitrogens with one attached hydrogen (secondary N) is 3. The van der Waals surface area contributed by atoms with Crippen LogP contribution in [0.25, 0.3) is 5.57 Å². The lowest BCUT2D eigenvalue weighted by Gasteiger charge is -2.28. The zero-order valence-electron chi connectivity index (χ0n) is 20.9. The van der Waals surface area contributed by atoms with Gasteiger partial charge in [-0.05, 0) is 56.2 Å². The fourth-order valence-corrected chi connectivity index (χ4v) is 4.33. The lowest BCUT2D eigenvalue weighted by molar-refractivity contribution is -0.125. The Morgan fingerprint density at radius 1 is 0.919 bits per heavy atom. The summed E-state index contributed by atoms with van der Waals surface area (Å²) in [6, 6.07) is 22.2. The molecule has 0 bridgehead atoms. The van der Waals surface area contributed by atoms with Gasteiger partial charge >= 0.3 is 6.03 Å². The molecule has 0 fully saturated rings. The highest BCUT2D eigenvalue weighted by Crippen LogP contribution is 2.35. The molecule has 1 aliphatic rings. The van der Waals surface area contributed by atoms with E-state index >= 15 is 0 Å². The highest BCUT2D eigenvalue weighted by Gasteiger charge is 2.33. The standard InChI is InChI=1S/C29H29ClN4O3/c1-29(2,3)33-26(35)18-34-25-16-10-7-13-20(25)21(19-11-5-4-6-12-19)17-24(27(34)36)32-28(37)31-23-15-9-8-14-22(23)30/h4-17,24H,18H2,1-3H3,(H,33,35)(H2,31,32,37). The van der Waals surface area contributed by atoms with E-state index in [0.717, 1.165) is 16.7 Å².